The number of fused-ring (bicyclic) bond motifs is 7. The van der Waals surface area contributed by atoms with Gasteiger partial charge in [-0.1, -0.05) is 12.1 Å². The zero-order chi connectivity index (χ0) is 29.9. The number of likely N-dealkylation sites (tertiary alicyclic amines) is 1. The Hall–Kier alpha value is -4.80. The molecule has 43 heavy (non-hydrogen) atoms. The van der Waals surface area contributed by atoms with Gasteiger partial charge in [-0.2, -0.15) is 0 Å². The van der Waals surface area contributed by atoms with E-state index in [1.165, 1.54) is 0 Å². The first-order valence-electron chi connectivity index (χ1n) is 14.5. The van der Waals surface area contributed by atoms with Crippen molar-refractivity contribution in [2.75, 3.05) is 45.3 Å². The van der Waals surface area contributed by atoms with E-state index in [1.807, 2.05) is 43.3 Å². The highest BCUT2D eigenvalue weighted by Gasteiger charge is 2.38. The van der Waals surface area contributed by atoms with Gasteiger partial charge in [0.15, 0.2) is 6.61 Å². The molecule has 1 saturated carbocycles. The smallest absolute Gasteiger partial charge is 0.258 e. The molecule has 3 aromatic rings. The van der Waals surface area contributed by atoms with Crippen molar-refractivity contribution < 1.29 is 28.6 Å². The third-order valence-corrected chi connectivity index (χ3v) is 7.72. The molecule has 3 aliphatic heterocycles. The van der Waals surface area contributed by atoms with Crippen molar-refractivity contribution >= 4 is 23.5 Å². The number of aromatic nitrogens is 1. The van der Waals surface area contributed by atoms with Crippen LogP contribution in [0.4, 0.5) is 5.82 Å². The minimum atomic E-state index is -0.506. The Morgan fingerprint density at radius 2 is 1.86 bits per heavy atom. The van der Waals surface area contributed by atoms with Crippen LogP contribution < -0.4 is 29.7 Å². The van der Waals surface area contributed by atoms with E-state index in [-0.39, 0.29) is 37.4 Å². The highest BCUT2D eigenvalue weighted by atomic mass is 16.5. The Balaban J connectivity index is 1.27. The zero-order valence-electron chi connectivity index (χ0n) is 24.2. The van der Waals surface area contributed by atoms with Crippen molar-refractivity contribution in [1.82, 2.24) is 20.5 Å². The van der Waals surface area contributed by atoms with Crippen LogP contribution >= 0.6 is 0 Å². The SMILES string of the molecule is CN(C)c1ccc(C(=O)N2C[C@@H]3NC(=O)c4cc(cc(OCC5CC5)c4)OCC(=O)NCc4ccc(cc4)O[C@H]3C2)cn1. The molecule has 1 saturated heterocycles. The van der Waals surface area contributed by atoms with Gasteiger partial charge in [0.1, 0.15) is 29.2 Å². The van der Waals surface area contributed by atoms with Crippen molar-refractivity contribution in [2.24, 2.45) is 5.92 Å². The molecule has 1 aliphatic carbocycles. The maximum Gasteiger partial charge on any atom is 0.258 e. The molecule has 0 radical (unpaired) electrons. The lowest BCUT2D eigenvalue weighted by atomic mass is 10.1. The molecule has 4 bridgehead atoms. The summed E-state index contributed by atoms with van der Waals surface area (Å²) in [6.45, 7) is 1.20. The van der Waals surface area contributed by atoms with Crippen LogP contribution in [0.3, 0.4) is 0 Å². The van der Waals surface area contributed by atoms with Crippen molar-refractivity contribution in [3.63, 3.8) is 0 Å². The number of pyridine rings is 1. The van der Waals surface area contributed by atoms with E-state index in [2.05, 4.69) is 15.6 Å². The van der Waals surface area contributed by atoms with Crippen LogP contribution in [0, 0.1) is 5.92 Å². The van der Waals surface area contributed by atoms with E-state index >= 15 is 0 Å². The van der Waals surface area contributed by atoms with Crippen molar-refractivity contribution in [3.05, 3.63) is 77.5 Å². The number of amides is 3. The van der Waals surface area contributed by atoms with Gasteiger partial charge in [0, 0.05) is 45.0 Å². The monoisotopic (exact) mass is 585 g/mol. The Kier molecular flexibility index (Phi) is 8.04. The molecule has 224 valence electrons. The van der Waals surface area contributed by atoms with Crippen LogP contribution in [0.2, 0.25) is 0 Å². The van der Waals surface area contributed by atoms with Gasteiger partial charge in [0.2, 0.25) is 0 Å². The first-order chi connectivity index (χ1) is 20.8. The van der Waals surface area contributed by atoms with Gasteiger partial charge >= 0.3 is 0 Å². The second-order valence-corrected chi connectivity index (χ2v) is 11.4. The normalized spacial score (nSPS) is 20.2. The third kappa shape index (κ3) is 6.99. The predicted molar refractivity (Wildman–Crippen MR) is 159 cm³/mol. The number of anilines is 1. The predicted octanol–water partition coefficient (Wildman–Crippen LogP) is 2.65. The molecule has 2 atom stereocenters. The second kappa shape index (κ2) is 12.2. The molecule has 3 amide bonds. The maximum atomic E-state index is 13.6. The molecule has 2 N–H and O–H groups in total. The number of rotatable bonds is 5. The number of nitrogens with one attached hydrogen (secondary N) is 2. The average Bonchev–Trinajstić information content (AvgIpc) is 3.77. The maximum absolute atomic E-state index is 13.6. The Bertz CT molecular complexity index is 1490. The second-order valence-electron chi connectivity index (χ2n) is 11.4. The van der Waals surface area contributed by atoms with Gasteiger partial charge in [-0.25, -0.2) is 4.98 Å². The number of nitrogens with zero attached hydrogens (tertiary/aromatic N) is 3. The van der Waals surface area contributed by atoms with E-state index in [0.717, 1.165) is 24.2 Å². The molecule has 2 fully saturated rings. The fourth-order valence-corrected chi connectivity index (χ4v) is 5.04. The van der Waals surface area contributed by atoms with Crippen LogP contribution in [-0.4, -0.2) is 80.1 Å². The molecule has 4 aliphatic rings. The molecule has 11 nitrogen and oxygen atoms in total. The van der Waals surface area contributed by atoms with Crippen LogP contribution in [0.15, 0.2) is 60.8 Å². The van der Waals surface area contributed by atoms with Crippen LogP contribution in [0.5, 0.6) is 17.2 Å². The molecule has 2 aromatic carbocycles. The van der Waals surface area contributed by atoms with Crippen LogP contribution in [0.25, 0.3) is 0 Å². The van der Waals surface area contributed by atoms with Crippen molar-refractivity contribution in [3.8, 4) is 17.2 Å². The Labute approximate surface area is 250 Å². The van der Waals surface area contributed by atoms with E-state index in [1.54, 1.807) is 41.4 Å². The van der Waals surface area contributed by atoms with E-state index < -0.39 is 12.1 Å². The summed E-state index contributed by atoms with van der Waals surface area (Å²) >= 11 is 0. The molecule has 7 rings (SSSR count). The standard InChI is InChI=1S/C32H35N5O6/c1-36(2)29-10-7-22(15-33-29)32(40)37-16-27-28(17-37)43-24-8-5-20(6-9-24)14-34-30(38)19-42-26-12-23(31(39)35-27)11-25(13-26)41-18-21-3-4-21/h5-13,15,21,27-28H,3-4,14,16-19H2,1-2H3,(H,34,38)(H,35,39)/t27-,28-/m0/s1. The fraction of sp³-hybridized carbons (Fsp3) is 0.375. The van der Waals surface area contributed by atoms with Gasteiger partial charge in [-0.3, -0.25) is 14.4 Å². The summed E-state index contributed by atoms with van der Waals surface area (Å²) in [5.74, 6) is 1.87. The summed E-state index contributed by atoms with van der Waals surface area (Å²) < 4.78 is 18.1. The summed E-state index contributed by atoms with van der Waals surface area (Å²) in [6, 6.07) is 15.4. The summed E-state index contributed by atoms with van der Waals surface area (Å²) in [5.41, 5.74) is 1.67. The Morgan fingerprint density at radius 3 is 2.58 bits per heavy atom. The highest BCUT2D eigenvalue weighted by molar-refractivity contribution is 5.96. The minimum absolute atomic E-state index is 0.192. The lowest BCUT2D eigenvalue weighted by molar-refractivity contribution is -0.123. The Morgan fingerprint density at radius 1 is 1.05 bits per heavy atom. The lowest BCUT2D eigenvalue weighted by Crippen LogP contribution is -2.45. The topological polar surface area (TPSA) is 122 Å². The van der Waals surface area contributed by atoms with Gasteiger partial charge in [0.05, 0.1) is 24.8 Å². The van der Waals surface area contributed by atoms with Crippen LogP contribution in [-0.2, 0) is 11.3 Å². The number of carbonyl (C=O) groups is 3. The van der Waals surface area contributed by atoms with Gasteiger partial charge in [0.25, 0.3) is 17.7 Å². The number of ether oxygens (including phenoxy) is 3. The van der Waals surface area contributed by atoms with Gasteiger partial charge in [-0.15, -0.1) is 0 Å². The highest BCUT2D eigenvalue weighted by Crippen LogP contribution is 2.31. The summed E-state index contributed by atoms with van der Waals surface area (Å²) in [4.78, 5) is 47.5. The molecule has 11 heteroatoms. The third-order valence-electron chi connectivity index (χ3n) is 7.72. The van der Waals surface area contributed by atoms with E-state index in [0.29, 0.717) is 47.4 Å². The largest absolute Gasteiger partial charge is 0.493 e. The summed E-state index contributed by atoms with van der Waals surface area (Å²) in [6.07, 6.45) is 3.31. The van der Waals surface area contributed by atoms with Crippen molar-refractivity contribution in [1.29, 1.82) is 0 Å². The average molecular weight is 586 g/mol. The van der Waals surface area contributed by atoms with Crippen LogP contribution in [0.1, 0.15) is 39.1 Å². The number of carbonyl (C=O) groups excluding carboxylic acids is 3. The molecule has 4 heterocycles. The summed E-state index contributed by atoms with van der Waals surface area (Å²) in [7, 11) is 3.77. The first-order valence-corrected chi connectivity index (χ1v) is 14.5. The van der Waals surface area contributed by atoms with E-state index in [4.69, 9.17) is 14.2 Å². The molecule has 0 unspecified atom stereocenters. The van der Waals surface area contributed by atoms with E-state index in [9.17, 15) is 14.4 Å². The molecule has 1 aromatic heterocycles. The molecular formula is C32H35N5O6. The molecular weight excluding hydrogens is 550 g/mol. The minimum Gasteiger partial charge on any atom is -0.493 e. The lowest BCUT2D eigenvalue weighted by Gasteiger charge is -2.21. The first kappa shape index (κ1) is 28.3. The fourth-order valence-electron chi connectivity index (χ4n) is 5.04. The van der Waals surface area contributed by atoms with Gasteiger partial charge < -0.3 is 34.6 Å². The number of hydrogen-bond donors (Lipinski definition) is 2. The molecule has 0 spiro atoms. The van der Waals surface area contributed by atoms with Gasteiger partial charge in [-0.05, 0) is 60.7 Å². The van der Waals surface area contributed by atoms with Crippen molar-refractivity contribution in [2.45, 2.75) is 31.5 Å². The quantitative estimate of drug-likeness (QED) is 0.469. The zero-order valence-corrected chi connectivity index (χ0v) is 24.2. The summed E-state index contributed by atoms with van der Waals surface area (Å²) in [5, 5.41) is 5.92. The number of hydrogen-bond acceptors (Lipinski definition) is 8. The number of benzene rings is 2.